The summed E-state index contributed by atoms with van der Waals surface area (Å²) < 4.78 is 55.5. The number of hydrogen-bond acceptors (Lipinski definition) is 11. The summed E-state index contributed by atoms with van der Waals surface area (Å²) in [5.74, 6) is -2.16. The maximum atomic E-state index is 13.4. The molecule has 5 N–H and O–H groups in total. The van der Waals surface area contributed by atoms with E-state index in [2.05, 4.69) is 36.2 Å². The zero-order valence-electron chi connectivity index (χ0n) is 27.7. The first-order valence-corrected chi connectivity index (χ1v) is 16.3. The number of nitrogens with one attached hydrogen (secondary N) is 4. The highest BCUT2D eigenvalue weighted by molar-refractivity contribution is 6.00. The van der Waals surface area contributed by atoms with Crippen LogP contribution in [-0.4, -0.2) is 76.4 Å². The van der Waals surface area contributed by atoms with Crippen molar-refractivity contribution < 1.29 is 46.9 Å². The second kappa shape index (κ2) is 17.7. The van der Waals surface area contributed by atoms with Crippen molar-refractivity contribution in [2.24, 2.45) is 0 Å². The van der Waals surface area contributed by atoms with Crippen LogP contribution >= 0.6 is 0 Å². The average molecular weight is 724 g/mol. The molecular formula is C35H36F3N7O7. The summed E-state index contributed by atoms with van der Waals surface area (Å²) in [4.78, 5) is 50.2. The lowest BCUT2D eigenvalue weighted by Crippen LogP contribution is -2.48. The molecule has 3 aromatic carbocycles. The third kappa shape index (κ3) is 11.5. The van der Waals surface area contributed by atoms with Crippen LogP contribution < -0.4 is 35.5 Å². The number of ether oxygens (including phenoxy) is 3. The van der Waals surface area contributed by atoms with Crippen molar-refractivity contribution in [2.45, 2.75) is 44.4 Å². The fraction of sp³-hybridized carbons (Fsp3) is 0.314. The van der Waals surface area contributed by atoms with Crippen molar-refractivity contribution in [3.05, 3.63) is 89.5 Å². The molecule has 2 aliphatic heterocycles. The van der Waals surface area contributed by atoms with Gasteiger partial charge in [0.05, 0.1) is 18.8 Å². The van der Waals surface area contributed by atoms with E-state index in [0.29, 0.717) is 24.3 Å². The molecule has 1 atom stereocenters. The molecule has 274 valence electrons. The second-order valence-electron chi connectivity index (χ2n) is 11.6. The van der Waals surface area contributed by atoms with Gasteiger partial charge in [-0.3, -0.25) is 9.59 Å². The quantitative estimate of drug-likeness (QED) is 0.162. The zero-order chi connectivity index (χ0) is 36.9. The van der Waals surface area contributed by atoms with Crippen molar-refractivity contribution >= 4 is 35.4 Å². The van der Waals surface area contributed by atoms with E-state index in [4.69, 9.17) is 14.2 Å². The summed E-state index contributed by atoms with van der Waals surface area (Å²) in [6.07, 6.45) is -1.57. The average Bonchev–Trinajstić information content (AvgIpc) is 3.12. The van der Waals surface area contributed by atoms with Crippen LogP contribution in [0.5, 0.6) is 17.5 Å². The highest BCUT2D eigenvalue weighted by Gasteiger charge is 2.29. The third-order valence-corrected chi connectivity index (χ3v) is 7.51. The molecule has 3 heterocycles. The summed E-state index contributed by atoms with van der Waals surface area (Å²) in [5.41, 5.74) is 1.43. The van der Waals surface area contributed by atoms with E-state index in [1.807, 2.05) is 24.3 Å². The first-order valence-electron chi connectivity index (χ1n) is 16.3. The number of anilines is 3. The molecule has 0 radical (unpaired) electrons. The molecular weight excluding hydrogens is 687 g/mol. The van der Waals surface area contributed by atoms with Gasteiger partial charge in [0, 0.05) is 30.4 Å². The lowest BCUT2D eigenvalue weighted by molar-refractivity contribution is -0.154. The number of carbonyl (C=O) groups is 3. The summed E-state index contributed by atoms with van der Waals surface area (Å²) in [6.45, 7) is -1.10. The summed E-state index contributed by atoms with van der Waals surface area (Å²) in [5, 5.41) is 20.6. The first kappa shape index (κ1) is 37.1. The summed E-state index contributed by atoms with van der Waals surface area (Å²) >= 11 is 0. The van der Waals surface area contributed by atoms with Gasteiger partial charge in [-0.05, 0) is 67.6 Å². The van der Waals surface area contributed by atoms with Gasteiger partial charge in [-0.2, -0.15) is 28.1 Å². The zero-order valence-corrected chi connectivity index (χ0v) is 27.7. The Morgan fingerprint density at radius 3 is 2.29 bits per heavy atom. The minimum absolute atomic E-state index is 0.00490. The molecule has 1 unspecified atom stereocenters. The van der Waals surface area contributed by atoms with E-state index in [1.165, 1.54) is 18.2 Å². The van der Waals surface area contributed by atoms with Crippen molar-refractivity contribution in [1.82, 2.24) is 25.6 Å². The molecule has 0 fully saturated rings. The fourth-order valence-corrected chi connectivity index (χ4v) is 4.88. The van der Waals surface area contributed by atoms with Crippen LogP contribution in [0.25, 0.3) is 0 Å². The molecule has 1 aromatic heterocycles. The maximum absolute atomic E-state index is 13.4. The number of fused-ring (bicyclic) bond motifs is 10. The number of halogens is 3. The van der Waals surface area contributed by atoms with Crippen LogP contribution in [0, 0.1) is 0 Å². The Hall–Kier alpha value is -6.13. The van der Waals surface area contributed by atoms with E-state index in [-0.39, 0.29) is 42.0 Å². The van der Waals surface area contributed by atoms with Gasteiger partial charge in [-0.15, -0.1) is 0 Å². The second-order valence-corrected chi connectivity index (χ2v) is 11.6. The molecule has 6 bridgehead atoms. The highest BCUT2D eigenvalue weighted by atomic mass is 19.4. The summed E-state index contributed by atoms with van der Waals surface area (Å²) in [6, 6.07) is 17.7. The molecule has 0 aliphatic carbocycles. The molecule has 0 saturated heterocycles. The number of benzene rings is 3. The van der Waals surface area contributed by atoms with Crippen molar-refractivity contribution in [2.75, 3.05) is 37.0 Å². The van der Waals surface area contributed by atoms with Crippen molar-refractivity contribution in [1.29, 1.82) is 0 Å². The van der Waals surface area contributed by atoms with Gasteiger partial charge in [0.15, 0.2) is 6.61 Å². The number of carboxylic acids is 1. The standard InChI is InChI=1S/C35H36F3N7O7/c36-35(37,38)21-52-34-44-32-40-19-22-10-13-25(14-11-22)50-16-6-1-2-7-17-51-28-18-24(41-33(43-32)45-34)12-15-26(28)30(47)42-27(31(48)49)20-39-29(46)23-8-4-3-5-9-23/h3-5,8-15,18,27H,1-2,6-7,16-17,19-21H2,(H,39,46)(H,42,47)(H,48,49)(H2,40,41,43,44,45). The SMILES string of the molecule is O=C(NCC(NC(=O)c1ccc2cc1OCCCCCCOc1ccc(cc1)CNc1nc(nc(OCC(F)(F)F)n1)N2)C(=O)O)c1ccccc1. The number of amides is 2. The van der Waals surface area contributed by atoms with Gasteiger partial charge in [0.25, 0.3) is 11.8 Å². The van der Waals surface area contributed by atoms with Crippen molar-refractivity contribution in [3.63, 3.8) is 0 Å². The van der Waals surface area contributed by atoms with Crippen LogP contribution in [0.2, 0.25) is 0 Å². The van der Waals surface area contributed by atoms with Crippen LogP contribution in [0.15, 0.2) is 72.8 Å². The van der Waals surface area contributed by atoms with E-state index in [1.54, 1.807) is 30.3 Å². The Labute approximate surface area is 296 Å². The predicted molar refractivity (Wildman–Crippen MR) is 182 cm³/mol. The number of aliphatic carboxylic acids is 1. The van der Waals surface area contributed by atoms with E-state index >= 15 is 0 Å². The number of aromatic nitrogens is 3. The van der Waals surface area contributed by atoms with Crippen LogP contribution in [0.4, 0.5) is 30.8 Å². The van der Waals surface area contributed by atoms with E-state index in [0.717, 1.165) is 24.8 Å². The van der Waals surface area contributed by atoms with Crippen molar-refractivity contribution in [3.8, 4) is 17.5 Å². The summed E-state index contributed by atoms with van der Waals surface area (Å²) in [7, 11) is 0. The topological polar surface area (TPSA) is 186 Å². The number of carbonyl (C=O) groups excluding carboxylic acids is 2. The molecule has 6 rings (SSSR count). The first-order chi connectivity index (χ1) is 25.0. The molecule has 2 amide bonds. The monoisotopic (exact) mass is 723 g/mol. The molecule has 0 spiro atoms. The molecule has 17 heteroatoms. The number of nitrogens with zero attached hydrogens (tertiary/aromatic N) is 3. The van der Waals surface area contributed by atoms with Gasteiger partial charge in [0.1, 0.15) is 17.5 Å². The molecule has 2 aliphatic rings. The Morgan fingerprint density at radius 2 is 1.58 bits per heavy atom. The minimum Gasteiger partial charge on any atom is -0.494 e. The van der Waals surface area contributed by atoms with Gasteiger partial charge in [-0.25, -0.2) is 4.79 Å². The molecule has 52 heavy (non-hydrogen) atoms. The normalized spacial score (nSPS) is 14.1. The molecule has 0 saturated carbocycles. The third-order valence-electron chi connectivity index (χ3n) is 7.51. The highest BCUT2D eigenvalue weighted by Crippen LogP contribution is 2.27. The largest absolute Gasteiger partial charge is 0.494 e. The number of carboxylic acid groups (broad SMARTS) is 1. The smallest absolute Gasteiger partial charge is 0.422 e. The Bertz CT molecular complexity index is 1830. The van der Waals surface area contributed by atoms with Crippen LogP contribution in [0.1, 0.15) is 52.0 Å². The lowest BCUT2D eigenvalue weighted by atomic mass is 10.1. The lowest BCUT2D eigenvalue weighted by Gasteiger charge is -2.18. The Balaban J connectivity index is 1.38. The van der Waals surface area contributed by atoms with E-state index < -0.39 is 49.2 Å². The predicted octanol–water partition coefficient (Wildman–Crippen LogP) is 5.11. The minimum atomic E-state index is -4.64. The van der Waals surface area contributed by atoms with Gasteiger partial charge in [0.2, 0.25) is 11.9 Å². The number of rotatable bonds is 8. The van der Waals surface area contributed by atoms with Gasteiger partial charge >= 0.3 is 18.2 Å². The van der Waals surface area contributed by atoms with Gasteiger partial charge in [-0.1, -0.05) is 30.3 Å². The number of hydrogen-bond donors (Lipinski definition) is 5. The Morgan fingerprint density at radius 1 is 0.865 bits per heavy atom. The van der Waals surface area contributed by atoms with E-state index in [9.17, 15) is 32.7 Å². The molecule has 14 nitrogen and oxygen atoms in total. The molecule has 4 aromatic rings. The fourth-order valence-electron chi connectivity index (χ4n) is 4.88. The Kier molecular flexibility index (Phi) is 12.6. The van der Waals surface area contributed by atoms with Crippen LogP contribution in [-0.2, 0) is 11.3 Å². The van der Waals surface area contributed by atoms with Crippen LogP contribution in [0.3, 0.4) is 0 Å². The number of alkyl halides is 3. The van der Waals surface area contributed by atoms with Gasteiger partial charge < -0.3 is 40.6 Å². The maximum Gasteiger partial charge on any atom is 0.422 e.